The first-order valence-electron chi connectivity index (χ1n) is 5.82. The number of aromatic amines is 1. The van der Waals surface area contributed by atoms with Crippen LogP contribution in [0.4, 0.5) is 8.78 Å². The maximum absolute atomic E-state index is 13.7. The van der Waals surface area contributed by atoms with Gasteiger partial charge in [-0.15, -0.1) is 0 Å². The molecule has 0 aliphatic heterocycles. The van der Waals surface area contributed by atoms with Crippen molar-refractivity contribution in [3.8, 4) is 11.3 Å². The fraction of sp³-hybridized carbons (Fsp3) is 0.308. The third-order valence-electron chi connectivity index (χ3n) is 2.72. The molecule has 1 aromatic heterocycles. The standard InChI is InChI=1S/C13H15F2N3/c1-3-16-7-9-5-13(18-17-9)10-6-11(14)8(2)4-12(10)15/h4-6,16H,3,7H2,1-2H3,(H,17,18). The number of hydrogen-bond acceptors (Lipinski definition) is 2. The van der Waals surface area contributed by atoms with E-state index >= 15 is 0 Å². The van der Waals surface area contributed by atoms with Gasteiger partial charge in [0.05, 0.1) is 5.69 Å². The Morgan fingerprint density at radius 2 is 2.00 bits per heavy atom. The Kier molecular flexibility index (Phi) is 3.72. The first-order chi connectivity index (χ1) is 8.61. The Labute approximate surface area is 104 Å². The fourth-order valence-corrected chi connectivity index (χ4v) is 1.69. The molecular formula is C13H15F2N3. The summed E-state index contributed by atoms with van der Waals surface area (Å²) in [5.41, 5.74) is 1.73. The quantitative estimate of drug-likeness (QED) is 0.877. The minimum Gasteiger partial charge on any atom is -0.311 e. The molecule has 0 aliphatic carbocycles. The van der Waals surface area contributed by atoms with E-state index in [9.17, 15) is 8.78 Å². The van der Waals surface area contributed by atoms with Gasteiger partial charge >= 0.3 is 0 Å². The maximum Gasteiger partial charge on any atom is 0.133 e. The normalized spacial score (nSPS) is 10.9. The zero-order valence-electron chi connectivity index (χ0n) is 10.3. The number of hydrogen-bond donors (Lipinski definition) is 2. The van der Waals surface area contributed by atoms with Crippen LogP contribution in [0.25, 0.3) is 11.3 Å². The summed E-state index contributed by atoms with van der Waals surface area (Å²) in [5.74, 6) is -0.891. The largest absolute Gasteiger partial charge is 0.311 e. The number of aromatic nitrogens is 2. The number of nitrogens with one attached hydrogen (secondary N) is 2. The summed E-state index contributed by atoms with van der Waals surface area (Å²) in [6.07, 6.45) is 0. The second kappa shape index (κ2) is 5.27. The number of rotatable bonds is 4. The highest BCUT2D eigenvalue weighted by molar-refractivity contribution is 5.60. The molecule has 0 fully saturated rings. The topological polar surface area (TPSA) is 40.7 Å². The van der Waals surface area contributed by atoms with Crippen LogP contribution in [0.3, 0.4) is 0 Å². The van der Waals surface area contributed by atoms with Gasteiger partial charge in [-0.05, 0) is 37.2 Å². The van der Waals surface area contributed by atoms with Crippen molar-refractivity contribution in [2.75, 3.05) is 6.54 Å². The molecular weight excluding hydrogens is 236 g/mol. The van der Waals surface area contributed by atoms with Gasteiger partial charge in [0.2, 0.25) is 0 Å². The second-order valence-corrected chi connectivity index (χ2v) is 4.14. The van der Waals surface area contributed by atoms with Gasteiger partial charge in [0.25, 0.3) is 0 Å². The highest BCUT2D eigenvalue weighted by Gasteiger charge is 2.12. The van der Waals surface area contributed by atoms with E-state index < -0.39 is 11.6 Å². The van der Waals surface area contributed by atoms with Gasteiger partial charge in [-0.25, -0.2) is 8.78 Å². The number of halogens is 2. The molecule has 0 bridgehead atoms. The van der Waals surface area contributed by atoms with Gasteiger partial charge in [0.1, 0.15) is 11.6 Å². The summed E-state index contributed by atoms with van der Waals surface area (Å²) >= 11 is 0. The molecule has 0 aliphatic rings. The molecule has 96 valence electrons. The number of benzene rings is 1. The van der Waals surface area contributed by atoms with Gasteiger partial charge in [-0.3, -0.25) is 5.10 Å². The number of H-pyrrole nitrogens is 1. The van der Waals surface area contributed by atoms with Crippen molar-refractivity contribution >= 4 is 0 Å². The maximum atomic E-state index is 13.7. The van der Waals surface area contributed by atoms with Crippen LogP contribution in [0.2, 0.25) is 0 Å². The van der Waals surface area contributed by atoms with Gasteiger partial charge in [-0.2, -0.15) is 5.10 Å². The molecule has 2 rings (SSSR count). The summed E-state index contributed by atoms with van der Waals surface area (Å²) in [6, 6.07) is 4.08. The lowest BCUT2D eigenvalue weighted by Gasteiger charge is -2.02. The smallest absolute Gasteiger partial charge is 0.133 e. The highest BCUT2D eigenvalue weighted by atomic mass is 19.1. The molecule has 2 aromatic rings. The van der Waals surface area contributed by atoms with Crippen molar-refractivity contribution in [2.24, 2.45) is 0 Å². The Morgan fingerprint density at radius 1 is 1.22 bits per heavy atom. The van der Waals surface area contributed by atoms with Gasteiger partial charge in [0, 0.05) is 17.8 Å². The lowest BCUT2D eigenvalue weighted by atomic mass is 10.1. The molecule has 0 saturated heterocycles. The van der Waals surface area contributed by atoms with Crippen LogP contribution in [-0.4, -0.2) is 16.7 Å². The van der Waals surface area contributed by atoms with Crippen LogP contribution in [-0.2, 0) is 6.54 Å². The molecule has 2 N–H and O–H groups in total. The van der Waals surface area contributed by atoms with Crippen LogP contribution in [0.5, 0.6) is 0 Å². The minimum atomic E-state index is -0.463. The van der Waals surface area contributed by atoms with Crippen molar-refractivity contribution in [1.82, 2.24) is 15.5 Å². The third kappa shape index (κ3) is 2.56. The third-order valence-corrected chi connectivity index (χ3v) is 2.72. The summed E-state index contributed by atoms with van der Waals surface area (Å²) in [4.78, 5) is 0. The van der Waals surface area contributed by atoms with Crippen molar-refractivity contribution in [3.63, 3.8) is 0 Å². The van der Waals surface area contributed by atoms with E-state index in [0.29, 0.717) is 17.8 Å². The lowest BCUT2D eigenvalue weighted by Crippen LogP contribution is -2.11. The van der Waals surface area contributed by atoms with Crippen LogP contribution in [0.15, 0.2) is 18.2 Å². The highest BCUT2D eigenvalue weighted by Crippen LogP contribution is 2.24. The zero-order valence-corrected chi connectivity index (χ0v) is 10.3. The van der Waals surface area contributed by atoms with Gasteiger partial charge < -0.3 is 5.32 Å². The predicted octanol–water partition coefficient (Wildman–Crippen LogP) is 2.77. The summed E-state index contributed by atoms with van der Waals surface area (Å²) in [7, 11) is 0. The second-order valence-electron chi connectivity index (χ2n) is 4.14. The molecule has 0 spiro atoms. The predicted molar refractivity (Wildman–Crippen MR) is 66.1 cm³/mol. The van der Waals surface area contributed by atoms with Crippen molar-refractivity contribution < 1.29 is 8.78 Å². The Hall–Kier alpha value is -1.75. The minimum absolute atomic E-state index is 0.178. The van der Waals surface area contributed by atoms with Crippen molar-refractivity contribution in [1.29, 1.82) is 0 Å². The summed E-state index contributed by atoms with van der Waals surface area (Å²) in [6.45, 7) is 4.98. The molecule has 3 nitrogen and oxygen atoms in total. The monoisotopic (exact) mass is 251 g/mol. The van der Waals surface area contributed by atoms with Crippen molar-refractivity contribution in [3.05, 3.63) is 41.1 Å². The average molecular weight is 251 g/mol. The SMILES string of the molecule is CCNCc1cc(-c2cc(F)c(C)cc2F)n[nH]1. The molecule has 1 heterocycles. The van der Waals surface area contributed by atoms with Gasteiger partial charge in [0.15, 0.2) is 0 Å². The Bertz CT molecular complexity index is 549. The van der Waals surface area contributed by atoms with E-state index in [1.807, 2.05) is 6.92 Å². The van der Waals surface area contributed by atoms with E-state index in [4.69, 9.17) is 0 Å². The van der Waals surface area contributed by atoms with E-state index in [0.717, 1.165) is 12.2 Å². The number of aryl methyl sites for hydroxylation is 1. The van der Waals surface area contributed by atoms with E-state index in [1.54, 1.807) is 6.07 Å². The molecule has 0 amide bonds. The van der Waals surface area contributed by atoms with E-state index in [2.05, 4.69) is 15.5 Å². The molecule has 5 heteroatoms. The summed E-state index contributed by atoms with van der Waals surface area (Å²) < 4.78 is 27.2. The zero-order chi connectivity index (χ0) is 13.1. The first kappa shape index (κ1) is 12.7. The summed E-state index contributed by atoms with van der Waals surface area (Å²) in [5, 5.41) is 9.92. The van der Waals surface area contributed by atoms with Crippen LogP contribution >= 0.6 is 0 Å². The Balaban J connectivity index is 2.31. The van der Waals surface area contributed by atoms with E-state index in [-0.39, 0.29) is 5.56 Å². The van der Waals surface area contributed by atoms with Crippen LogP contribution in [0.1, 0.15) is 18.2 Å². The molecule has 0 unspecified atom stereocenters. The molecule has 0 saturated carbocycles. The lowest BCUT2D eigenvalue weighted by molar-refractivity contribution is 0.594. The van der Waals surface area contributed by atoms with Gasteiger partial charge in [-0.1, -0.05) is 6.92 Å². The van der Waals surface area contributed by atoms with Crippen LogP contribution in [0, 0.1) is 18.6 Å². The first-order valence-corrected chi connectivity index (χ1v) is 5.82. The van der Waals surface area contributed by atoms with Crippen LogP contribution < -0.4 is 5.32 Å². The molecule has 0 atom stereocenters. The molecule has 1 aromatic carbocycles. The van der Waals surface area contributed by atoms with E-state index in [1.165, 1.54) is 19.1 Å². The van der Waals surface area contributed by atoms with Crippen molar-refractivity contribution in [2.45, 2.75) is 20.4 Å². The molecule has 18 heavy (non-hydrogen) atoms. The fourth-order valence-electron chi connectivity index (χ4n) is 1.69. The average Bonchev–Trinajstić information content (AvgIpc) is 2.79. The number of nitrogens with zero attached hydrogens (tertiary/aromatic N) is 1. The Morgan fingerprint density at radius 3 is 2.72 bits per heavy atom. The molecule has 0 radical (unpaired) electrons.